The average molecular weight is 488 g/mol. The minimum atomic E-state index is -3.70. The molecule has 0 atom stereocenters. The molecule has 2 aromatic carbocycles. The normalized spacial score (nSPS) is 15.6. The van der Waals surface area contributed by atoms with Crippen molar-refractivity contribution in [3.63, 3.8) is 0 Å². The molecule has 1 N–H and O–H groups in total. The number of thiazole rings is 1. The molecule has 1 saturated heterocycles. The van der Waals surface area contributed by atoms with Gasteiger partial charge < -0.3 is 5.32 Å². The Balaban J connectivity index is 1.42. The number of amides is 1. The Morgan fingerprint density at radius 2 is 1.73 bits per heavy atom. The van der Waals surface area contributed by atoms with E-state index in [4.69, 9.17) is 0 Å². The second-order valence-corrected chi connectivity index (χ2v) is 11.3. The van der Waals surface area contributed by atoms with Gasteiger partial charge >= 0.3 is 0 Å². The monoisotopic (exact) mass is 487 g/mol. The molecule has 3 aromatic rings. The van der Waals surface area contributed by atoms with Crippen LogP contribution in [0.1, 0.15) is 37.5 Å². The molecule has 0 saturated carbocycles. The molecule has 4 rings (SSSR count). The first-order chi connectivity index (χ1) is 15.8. The summed E-state index contributed by atoms with van der Waals surface area (Å²) >= 11 is 1.48. The van der Waals surface area contributed by atoms with Crippen molar-refractivity contribution in [3.8, 4) is 11.3 Å². The zero-order valence-electron chi connectivity index (χ0n) is 18.5. The number of carbonyl (C=O) groups is 1. The van der Waals surface area contributed by atoms with E-state index in [0.29, 0.717) is 18.0 Å². The Kier molecular flexibility index (Phi) is 6.92. The highest BCUT2D eigenvalue weighted by atomic mass is 32.2. The second-order valence-electron chi connectivity index (χ2n) is 8.37. The van der Waals surface area contributed by atoms with Gasteiger partial charge in [-0.3, -0.25) is 4.79 Å². The number of nitrogens with zero attached hydrogens (tertiary/aromatic N) is 2. The van der Waals surface area contributed by atoms with Gasteiger partial charge in [-0.05, 0) is 43.0 Å². The van der Waals surface area contributed by atoms with Crippen molar-refractivity contribution in [3.05, 3.63) is 65.3 Å². The first-order valence-electron chi connectivity index (χ1n) is 10.9. The maximum absolute atomic E-state index is 13.1. The van der Waals surface area contributed by atoms with Crippen LogP contribution in [-0.2, 0) is 14.8 Å². The Labute approximate surface area is 197 Å². The van der Waals surface area contributed by atoms with E-state index in [-0.39, 0.29) is 35.7 Å². The molecule has 0 bridgehead atoms. The molecular weight excluding hydrogens is 461 g/mol. The van der Waals surface area contributed by atoms with Crippen LogP contribution in [0.2, 0.25) is 0 Å². The predicted octanol–water partition coefficient (Wildman–Crippen LogP) is 5.11. The number of rotatable bonds is 6. The summed E-state index contributed by atoms with van der Waals surface area (Å²) in [6.07, 6.45) is 0.834. The van der Waals surface area contributed by atoms with Crippen molar-refractivity contribution in [1.29, 1.82) is 0 Å². The molecule has 6 nitrogen and oxygen atoms in total. The highest BCUT2D eigenvalue weighted by molar-refractivity contribution is 7.89. The van der Waals surface area contributed by atoms with E-state index in [9.17, 15) is 17.6 Å². The van der Waals surface area contributed by atoms with Gasteiger partial charge in [0, 0.05) is 29.4 Å². The summed E-state index contributed by atoms with van der Waals surface area (Å²) in [6.45, 7) is 4.68. The van der Waals surface area contributed by atoms with Gasteiger partial charge in [0.1, 0.15) is 5.82 Å². The number of hydrogen-bond acceptors (Lipinski definition) is 5. The van der Waals surface area contributed by atoms with Crippen LogP contribution in [0.15, 0.2) is 59.5 Å². The van der Waals surface area contributed by atoms with Gasteiger partial charge in [0.2, 0.25) is 15.9 Å². The van der Waals surface area contributed by atoms with Crippen molar-refractivity contribution in [2.24, 2.45) is 5.92 Å². The number of anilines is 1. The van der Waals surface area contributed by atoms with Crippen LogP contribution in [0.5, 0.6) is 0 Å². The lowest BCUT2D eigenvalue weighted by Crippen LogP contribution is -2.41. The van der Waals surface area contributed by atoms with Gasteiger partial charge in [-0.25, -0.2) is 17.8 Å². The molecule has 1 aliphatic heterocycles. The summed E-state index contributed by atoms with van der Waals surface area (Å²) < 4.78 is 40.1. The van der Waals surface area contributed by atoms with Crippen molar-refractivity contribution in [1.82, 2.24) is 9.29 Å². The van der Waals surface area contributed by atoms with Crippen LogP contribution in [-0.4, -0.2) is 36.7 Å². The fourth-order valence-corrected chi connectivity index (χ4v) is 6.36. The first-order valence-corrected chi connectivity index (χ1v) is 13.1. The summed E-state index contributed by atoms with van der Waals surface area (Å²) in [4.78, 5) is 18.8. The maximum Gasteiger partial charge on any atom is 0.243 e. The summed E-state index contributed by atoms with van der Waals surface area (Å²) in [6, 6.07) is 14.7. The van der Waals surface area contributed by atoms with E-state index in [2.05, 4.69) is 24.1 Å². The molecule has 1 aromatic heterocycles. The number of hydrogen-bond donors (Lipinski definition) is 1. The van der Waals surface area contributed by atoms with Gasteiger partial charge in [-0.1, -0.05) is 44.2 Å². The molecule has 0 unspecified atom stereocenters. The maximum atomic E-state index is 13.1. The molecule has 0 radical (unpaired) electrons. The third-order valence-corrected chi connectivity index (χ3v) is 8.92. The molecule has 174 valence electrons. The summed E-state index contributed by atoms with van der Waals surface area (Å²) in [5.74, 6) is -0.653. The fourth-order valence-electron chi connectivity index (χ4n) is 3.90. The second kappa shape index (κ2) is 9.70. The first kappa shape index (κ1) is 23.5. The average Bonchev–Trinajstić information content (AvgIpc) is 3.24. The topological polar surface area (TPSA) is 79.4 Å². The molecule has 1 fully saturated rings. The van der Waals surface area contributed by atoms with Gasteiger partial charge in [0.25, 0.3) is 0 Å². The van der Waals surface area contributed by atoms with Gasteiger partial charge in [-0.15, -0.1) is 11.3 Å². The number of aromatic nitrogens is 1. The smallest absolute Gasteiger partial charge is 0.243 e. The predicted molar refractivity (Wildman–Crippen MR) is 128 cm³/mol. The lowest BCUT2D eigenvalue weighted by molar-refractivity contribution is -0.120. The molecule has 1 aliphatic rings. The Bertz CT molecular complexity index is 1220. The number of halogens is 1. The third kappa shape index (κ3) is 5.15. The van der Waals surface area contributed by atoms with Crippen LogP contribution in [0.4, 0.5) is 9.52 Å². The summed E-state index contributed by atoms with van der Waals surface area (Å²) in [5.41, 5.74) is 1.89. The van der Waals surface area contributed by atoms with Gasteiger partial charge in [0.05, 0.1) is 10.6 Å². The van der Waals surface area contributed by atoms with Crippen LogP contribution >= 0.6 is 11.3 Å². The molecule has 33 heavy (non-hydrogen) atoms. The lowest BCUT2D eigenvalue weighted by atomic mass is 9.97. The highest BCUT2D eigenvalue weighted by Gasteiger charge is 2.32. The quantitative estimate of drug-likeness (QED) is 0.524. The van der Waals surface area contributed by atoms with E-state index in [1.807, 2.05) is 30.3 Å². The molecule has 9 heteroatoms. The minimum absolute atomic E-state index is 0.0595. The van der Waals surface area contributed by atoms with Gasteiger partial charge in [0.15, 0.2) is 5.13 Å². The van der Waals surface area contributed by atoms with Crippen LogP contribution in [0.25, 0.3) is 11.3 Å². The van der Waals surface area contributed by atoms with Gasteiger partial charge in [-0.2, -0.15) is 4.31 Å². The molecule has 2 heterocycles. The van der Waals surface area contributed by atoms with E-state index < -0.39 is 15.8 Å². The van der Waals surface area contributed by atoms with Crippen LogP contribution in [0, 0.1) is 11.7 Å². The fraction of sp³-hybridized carbons (Fsp3) is 0.333. The van der Waals surface area contributed by atoms with Crippen LogP contribution < -0.4 is 5.32 Å². The number of sulfonamides is 1. The molecular formula is C24H26FN3O3S2. The Morgan fingerprint density at radius 1 is 1.09 bits per heavy atom. The summed E-state index contributed by atoms with van der Waals surface area (Å²) in [5, 5.41) is 3.51. The van der Waals surface area contributed by atoms with E-state index >= 15 is 0 Å². The Hall–Kier alpha value is -2.62. The SMILES string of the molecule is CC(C)c1sc(NC(=O)C2CCN(S(=O)(=O)c3ccc(F)cc3)CC2)nc1-c1ccccc1. The summed E-state index contributed by atoms with van der Waals surface area (Å²) in [7, 11) is -3.70. The zero-order chi connectivity index (χ0) is 23.6. The number of nitrogens with one attached hydrogen (secondary N) is 1. The lowest BCUT2D eigenvalue weighted by Gasteiger charge is -2.30. The van der Waals surface area contributed by atoms with Crippen molar-refractivity contribution >= 4 is 32.4 Å². The molecule has 0 aliphatic carbocycles. The van der Waals surface area contributed by atoms with Crippen molar-refractivity contribution in [2.75, 3.05) is 18.4 Å². The largest absolute Gasteiger partial charge is 0.302 e. The highest BCUT2D eigenvalue weighted by Crippen LogP contribution is 2.36. The molecule has 1 amide bonds. The molecule has 0 spiro atoms. The Morgan fingerprint density at radius 3 is 2.33 bits per heavy atom. The number of piperidine rings is 1. The third-order valence-electron chi connectivity index (χ3n) is 5.73. The van der Waals surface area contributed by atoms with Crippen molar-refractivity contribution < 1.29 is 17.6 Å². The number of carbonyl (C=O) groups excluding carboxylic acids is 1. The number of benzene rings is 2. The standard InChI is InChI=1S/C24H26FN3O3S2/c1-16(2)22-21(17-6-4-3-5-7-17)26-24(32-22)27-23(29)18-12-14-28(15-13-18)33(30,31)20-10-8-19(25)9-11-20/h3-11,16,18H,12-15H2,1-2H3,(H,26,27,29). The van der Waals surface area contributed by atoms with E-state index in [0.717, 1.165) is 28.3 Å². The van der Waals surface area contributed by atoms with E-state index in [1.54, 1.807) is 0 Å². The van der Waals surface area contributed by atoms with E-state index in [1.165, 1.54) is 27.8 Å². The zero-order valence-corrected chi connectivity index (χ0v) is 20.1. The van der Waals surface area contributed by atoms with Crippen LogP contribution in [0.3, 0.4) is 0 Å². The minimum Gasteiger partial charge on any atom is -0.302 e. The van der Waals surface area contributed by atoms with Crippen molar-refractivity contribution in [2.45, 2.75) is 37.5 Å².